The Kier molecular flexibility index (Phi) is 4.62. The van der Waals surface area contributed by atoms with E-state index in [4.69, 9.17) is 16.6 Å². The average Bonchev–Trinajstić information content (AvgIpc) is 3.00. The van der Waals surface area contributed by atoms with Gasteiger partial charge in [-0.25, -0.2) is 0 Å². The minimum atomic E-state index is -0.378. The first-order valence-electron chi connectivity index (χ1n) is 8.95. The number of nitrogens with zero attached hydrogens (tertiary/aromatic N) is 4. The molecule has 27 heavy (non-hydrogen) atoms. The third-order valence-corrected chi connectivity index (χ3v) is 5.02. The molecule has 4 rings (SSSR count). The van der Waals surface area contributed by atoms with Crippen LogP contribution in [0.5, 0.6) is 0 Å². The van der Waals surface area contributed by atoms with Crippen LogP contribution in [0.25, 0.3) is 5.69 Å². The molecule has 1 aliphatic rings. The number of hydrogen-bond donors (Lipinski definition) is 0. The summed E-state index contributed by atoms with van der Waals surface area (Å²) < 4.78 is 2.01. The molecule has 2 heterocycles. The number of para-hydroxylation sites is 1. The molecular formula is C21H19ClN4O. The van der Waals surface area contributed by atoms with Crippen molar-refractivity contribution in [2.24, 2.45) is 4.99 Å². The number of carbonyl (C=O) groups excluding carboxylic acids is 1. The summed E-state index contributed by atoms with van der Waals surface area (Å²) in [5.74, 6) is 1.63. The summed E-state index contributed by atoms with van der Waals surface area (Å²) in [5, 5.41) is 9.28. The quantitative estimate of drug-likeness (QED) is 0.672. The van der Waals surface area contributed by atoms with E-state index in [9.17, 15) is 4.79 Å². The van der Waals surface area contributed by atoms with E-state index in [1.54, 1.807) is 0 Å². The predicted molar refractivity (Wildman–Crippen MR) is 106 cm³/mol. The highest BCUT2D eigenvalue weighted by atomic mass is 35.5. The Bertz CT molecular complexity index is 1040. The minimum Gasteiger partial charge on any atom is -0.300 e. The summed E-state index contributed by atoms with van der Waals surface area (Å²) in [6, 6.07) is 15.3. The number of ketones is 1. The van der Waals surface area contributed by atoms with E-state index in [1.807, 2.05) is 66.9 Å². The minimum absolute atomic E-state index is 0.150. The molecule has 0 spiro atoms. The SMILES string of the molecule is CCC(=O)C[C@@H]1N=C(c2ccc(Cl)cc2)c2ccccc2-n2c(C)nnc21. The molecular weight excluding hydrogens is 360 g/mol. The molecule has 0 bridgehead atoms. The maximum absolute atomic E-state index is 12.2. The first-order valence-corrected chi connectivity index (χ1v) is 9.33. The lowest BCUT2D eigenvalue weighted by Gasteiger charge is -2.12. The summed E-state index contributed by atoms with van der Waals surface area (Å²) in [5.41, 5.74) is 3.74. The lowest BCUT2D eigenvalue weighted by Crippen LogP contribution is -2.10. The van der Waals surface area contributed by atoms with E-state index in [1.165, 1.54) is 0 Å². The van der Waals surface area contributed by atoms with E-state index in [-0.39, 0.29) is 11.8 Å². The molecule has 0 saturated heterocycles. The fraction of sp³-hybridized carbons (Fsp3) is 0.238. The Morgan fingerprint density at radius 2 is 1.85 bits per heavy atom. The van der Waals surface area contributed by atoms with Crippen LogP contribution in [-0.2, 0) is 4.79 Å². The Morgan fingerprint density at radius 1 is 1.11 bits per heavy atom. The zero-order chi connectivity index (χ0) is 19.0. The summed E-state index contributed by atoms with van der Waals surface area (Å²) in [6.07, 6.45) is 0.780. The van der Waals surface area contributed by atoms with Crippen molar-refractivity contribution in [2.45, 2.75) is 32.7 Å². The van der Waals surface area contributed by atoms with Crippen LogP contribution < -0.4 is 0 Å². The topological polar surface area (TPSA) is 60.1 Å². The van der Waals surface area contributed by atoms with Crippen LogP contribution in [0.2, 0.25) is 5.02 Å². The number of hydrogen-bond acceptors (Lipinski definition) is 4. The van der Waals surface area contributed by atoms with E-state index >= 15 is 0 Å². The molecule has 6 heteroatoms. The second kappa shape index (κ2) is 7.08. The monoisotopic (exact) mass is 378 g/mol. The zero-order valence-electron chi connectivity index (χ0n) is 15.2. The van der Waals surface area contributed by atoms with Gasteiger partial charge in [0.15, 0.2) is 5.82 Å². The lowest BCUT2D eigenvalue weighted by molar-refractivity contribution is -0.119. The Morgan fingerprint density at radius 3 is 2.59 bits per heavy atom. The van der Waals surface area contributed by atoms with Gasteiger partial charge < -0.3 is 0 Å². The fourth-order valence-corrected chi connectivity index (χ4v) is 3.50. The first kappa shape index (κ1) is 17.6. The number of halogens is 1. The normalized spacial score (nSPS) is 15.5. The largest absolute Gasteiger partial charge is 0.300 e. The zero-order valence-corrected chi connectivity index (χ0v) is 15.9. The molecule has 0 saturated carbocycles. The Balaban J connectivity index is 1.97. The maximum Gasteiger partial charge on any atom is 0.162 e. The molecule has 0 aliphatic carbocycles. The van der Waals surface area contributed by atoms with Gasteiger partial charge in [-0.05, 0) is 25.1 Å². The highest BCUT2D eigenvalue weighted by molar-refractivity contribution is 6.30. The summed E-state index contributed by atoms with van der Waals surface area (Å²) in [6.45, 7) is 3.78. The van der Waals surface area contributed by atoms with Gasteiger partial charge in [0.1, 0.15) is 17.6 Å². The van der Waals surface area contributed by atoms with Crippen molar-refractivity contribution in [3.63, 3.8) is 0 Å². The highest BCUT2D eigenvalue weighted by Gasteiger charge is 2.28. The molecule has 1 atom stereocenters. The third-order valence-electron chi connectivity index (χ3n) is 4.77. The average molecular weight is 379 g/mol. The Labute approximate surface area is 162 Å². The molecule has 0 fully saturated rings. The predicted octanol–water partition coefficient (Wildman–Crippen LogP) is 4.49. The van der Waals surface area contributed by atoms with Crippen molar-refractivity contribution >= 4 is 23.1 Å². The standard InChI is InChI=1S/C21H19ClN4O/c1-3-16(27)12-18-21-25-24-13(2)26(21)19-7-5-4-6-17(19)20(23-18)14-8-10-15(22)11-9-14/h4-11,18H,3,12H2,1-2H3/t18-/m0/s1. The van der Waals surface area contributed by atoms with Gasteiger partial charge in [-0.2, -0.15) is 0 Å². The maximum atomic E-state index is 12.2. The molecule has 136 valence electrons. The smallest absolute Gasteiger partial charge is 0.162 e. The van der Waals surface area contributed by atoms with Gasteiger partial charge in [0.2, 0.25) is 0 Å². The summed E-state index contributed by atoms with van der Waals surface area (Å²) in [7, 11) is 0. The van der Waals surface area contributed by atoms with Crippen LogP contribution in [0.1, 0.15) is 48.6 Å². The van der Waals surface area contributed by atoms with Crippen LogP contribution >= 0.6 is 11.6 Å². The number of aromatic nitrogens is 3. The van der Waals surface area contributed by atoms with Crippen molar-refractivity contribution in [3.8, 4) is 5.69 Å². The summed E-state index contributed by atoms with van der Waals surface area (Å²) >= 11 is 6.07. The second-order valence-corrected chi connectivity index (χ2v) is 6.99. The molecule has 5 nitrogen and oxygen atoms in total. The van der Waals surface area contributed by atoms with Crippen LogP contribution in [0, 0.1) is 6.92 Å². The summed E-state index contributed by atoms with van der Waals surface area (Å²) in [4.78, 5) is 17.2. The lowest BCUT2D eigenvalue weighted by atomic mass is 10.0. The molecule has 0 N–H and O–H groups in total. The molecule has 0 amide bonds. The van der Waals surface area contributed by atoms with Gasteiger partial charge in [0.05, 0.1) is 11.4 Å². The van der Waals surface area contributed by atoms with Crippen molar-refractivity contribution in [3.05, 3.63) is 76.3 Å². The molecule has 2 aromatic carbocycles. The van der Waals surface area contributed by atoms with E-state index < -0.39 is 0 Å². The fourth-order valence-electron chi connectivity index (χ4n) is 3.38. The van der Waals surface area contributed by atoms with Gasteiger partial charge in [-0.15, -0.1) is 10.2 Å². The Hall–Kier alpha value is -2.79. The van der Waals surface area contributed by atoms with E-state index in [2.05, 4.69) is 10.2 Å². The van der Waals surface area contributed by atoms with Gasteiger partial charge in [-0.1, -0.05) is 48.9 Å². The second-order valence-electron chi connectivity index (χ2n) is 6.55. The number of aliphatic imine (C=N–C) groups is 1. The molecule has 3 aromatic rings. The van der Waals surface area contributed by atoms with Crippen molar-refractivity contribution in [1.29, 1.82) is 0 Å². The molecule has 1 aliphatic heterocycles. The number of fused-ring (bicyclic) bond motifs is 3. The van der Waals surface area contributed by atoms with Crippen LogP contribution in [-0.4, -0.2) is 26.3 Å². The van der Waals surface area contributed by atoms with Crippen molar-refractivity contribution in [1.82, 2.24) is 14.8 Å². The number of carbonyl (C=O) groups is 1. The number of rotatable bonds is 4. The van der Waals surface area contributed by atoms with Gasteiger partial charge >= 0.3 is 0 Å². The number of Topliss-reactive ketones (excluding diaryl/α,β-unsaturated/α-hetero) is 1. The van der Waals surface area contributed by atoms with Crippen LogP contribution in [0.4, 0.5) is 0 Å². The first-order chi connectivity index (χ1) is 13.1. The van der Waals surface area contributed by atoms with Gasteiger partial charge in [-0.3, -0.25) is 14.4 Å². The van der Waals surface area contributed by atoms with Crippen LogP contribution in [0.15, 0.2) is 53.5 Å². The molecule has 0 unspecified atom stereocenters. The van der Waals surface area contributed by atoms with E-state index in [0.717, 1.165) is 28.4 Å². The van der Waals surface area contributed by atoms with Crippen molar-refractivity contribution in [2.75, 3.05) is 0 Å². The number of aryl methyl sites for hydroxylation is 1. The highest BCUT2D eigenvalue weighted by Crippen LogP contribution is 2.32. The van der Waals surface area contributed by atoms with Gasteiger partial charge in [0.25, 0.3) is 0 Å². The number of benzene rings is 2. The van der Waals surface area contributed by atoms with E-state index in [0.29, 0.717) is 23.7 Å². The molecule has 1 aromatic heterocycles. The van der Waals surface area contributed by atoms with Crippen LogP contribution in [0.3, 0.4) is 0 Å². The molecule has 0 radical (unpaired) electrons. The van der Waals surface area contributed by atoms with Gasteiger partial charge in [0, 0.05) is 29.0 Å². The third kappa shape index (κ3) is 3.19. The van der Waals surface area contributed by atoms with Crippen molar-refractivity contribution < 1.29 is 4.79 Å².